The molecule has 22 heavy (non-hydrogen) atoms. The summed E-state index contributed by atoms with van der Waals surface area (Å²) in [5.74, 6) is 0.826. The molecule has 0 radical (unpaired) electrons. The number of rotatable bonds is 5. The first kappa shape index (κ1) is 16.8. The quantitative estimate of drug-likeness (QED) is 0.910. The maximum Gasteiger partial charge on any atom is 0.223 e. The van der Waals surface area contributed by atoms with Crippen molar-refractivity contribution in [2.45, 2.75) is 45.2 Å². The van der Waals surface area contributed by atoms with Gasteiger partial charge in [0, 0.05) is 38.8 Å². The van der Waals surface area contributed by atoms with E-state index in [0.29, 0.717) is 12.3 Å². The fourth-order valence-corrected chi connectivity index (χ4v) is 3.04. The van der Waals surface area contributed by atoms with E-state index in [1.165, 1.54) is 0 Å². The number of nitrogens with two attached hydrogens (primary N) is 1. The molecule has 1 saturated heterocycles. The molecule has 2 unspecified atom stereocenters. The summed E-state index contributed by atoms with van der Waals surface area (Å²) in [5.41, 5.74) is 8.67. The first-order chi connectivity index (χ1) is 10.4. The van der Waals surface area contributed by atoms with Crippen LogP contribution >= 0.6 is 0 Å². The molecule has 1 aliphatic rings. The van der Waals surface area contributed by atoms with E-state index in [4.69, 9.17) is 5.73 Å². The van der Waals surface area contributed by atoms with Gasteiger partial charge in [0.05, 0.1) is 6.04 Å². The molecule has 1 aromatic rings. The van der Waals surface area contributed by atoms with Crippen LogP contribution in [0.2, 0.25) is 0 Å². The number of anilines is 1. The molecule has 122 valence electrons. The molecular weight excluding hydrogens is 274 g/mol. The lowest BCUT2D eigenvalue weighted by Crippen LogP contribution is -2.49. The standard InChI is InChI=1S/C18H29N3O/c1-13(2)11-12-21-17(22)10-9-16(19)18(21)14-5-7-15(8-6-14)20(3)4/h5-8,13,16,18H,9-12,19H2,1-4H3. The van der Waals surface area contributed by atoms with Crippen molar-refractivity contribution in [3.63, 3.8) is 0 Å². The van der Waals surface area contributed by atoms with Crippen molar-refractivity contribution in [2.75, 3.05) is 25.5 Å². The minimum absolute atomic E-state index is 0.0104. The highest BCUT2D eigenvalue weighted by atomic mass is 16.2. The first-order valence-corrected chi connectivity index (χ1v) is 8.22. The number of hydrogen-bond acceptors (Lipinski definition) is 3. The Kier molecular flexibility index (Phi) is 5.46. The Morgan fingerprint density at radius 2 is 1.91 bits per heavy atom. The van der Waals surface area contributed by atoms with Crippen molar-refractivity contribution in [3.8, 4) is 0 Å². The summed E-state index contributed by atoms with van der Waals surface area (Å²) in [6.45, 7) is 5.18. The lowest BCUT2D eigenvalue weighted by Gasteiger charge is -2.40. The molecule has 2 N–H and O–H groups in total. The Bertz CT molecular complexity index is 496. The van der Waals surface area contributed by atoms with Crippen molar-refractivity contribution in [2.24, 2.45) is 11.7 Å². The number of piperidine rings is 1. The van der Waals surface area contributed by atoms with Gasteiger partial charge in [-0.25, -0.2) is 0 Å². The van der Waals surface area contributed by atoms with E-state index in [1.54, 1.807) is 0 Å². The third kappa shape index (κ3) is 3.80. The predicted molar refractivity (Wildman–Crippen MR) is 91.9 cm³/mol. The van der Waals surface area contributed by atoms with Crippen LogP contribution in [0.4, 0.5) is 5.69 Å². The second-order valence-electron chi connectivity index (χ2n) is 6.90. The lowest BCUT2D eigenvalue weighted by molar-refractivity contribution is -0.137. The summed E-state index contributed by atoms with van der Waals surface area (Å²) in [6.07, 6.45) is 2.37. The summed E-state index contributed by atoms with van der Waals surface area (Å²) < 4.78 is 0. The van der Waals surface area contributed by atoms with Gasteiger partial charge < -0.3 is 15.5 Å². The van der Waals surface area contributed by atoms with Crippen molar-refractivity contribution in [3.05, 3.63) is 29.8 Å². The van der Waals surface area contributed by atoms with Crippen LogP contribution < -0.4 is 10.6 Å². The van der Waals surface area contributed by atoms with Gasteiger partial charge in [0.1, 0.15) is 0 Å². The van der Waals surface area contributed by atoms with Crippen LogP contribution in [-0.2, 0) is 4.79 Å². The fraction of sp³-hybridized carbons (Fsp3) is 0.611. The maximum absolute atomic E-state index is 12.4. The summed E-state index contributed by atoms with van der Waals surface area (Å²) >= 11 is 0. The predicted octanol–water partition coefficient (Wildman–Crippen LogP) is 2.79. The minimum Gasteiger partial charge on any atom is -0.378 e. The Balaban J connectivity index is 2.23. The molecule has 1 fully saturated rings. The zero-order chi connectivity index (χ0) is 16.3. The monoisotopic (exact) mass is 303 g/mol. The Morgan fingerprint density at radius 1 is 1.27 bits per heavy atom. The van der Waals surface area contributed by atoms with Crippen molar-refractivity contribution in [1.82, 2.24) is 4.90 Å². The Hall–Kier alpha value is -1.55. The van der Waals surface area contributed by atoms with E-state index in [-0.39, 0.29) is 18.0 Å². The lowest BCUT2D eigenvalue weighted by atomic mass is 9.90. The van der Waals surface area contributed by atoms with Crippen LogP contribution in [0.25, 0.3) is 0 Å². The Morgan fingerprint density at radius 3 is 2.45 bits per heavy atom. The number of nitrogens with zero attached hydrogens (tertiary/aromatic N) is 2. The molecule has 0 aromatic heterocycles. The van der Waals surface area contributed by atoms with E-state index >= 15 is 0 Å². The summed E-state index contributed by atoms with van der Waals surface area (Å²) in [7, 11) is 4.06. The van der Waals surface area contributed by atoms with Crippen LogP contribution in [0, 0.1) is 5.92 Å². The van der Waals surface area contributed by atoms with Crippen LogP contribution in [0.5, 0.6) is 0 Å². The third-order valence-electron chi connectivity index (χ3n) is 4.45. The molecule has 2 atom stereocenters. The van der Waals surface area contributed by atoms with E-state index in [2.05, 4.69) is 43.0 Å². The van der Waals surface area contributed by atoms with Crippen LogP contribution in [-0.4, -0.2) is 37.5 Å². The molecule has 0 aliphatic carbocycles. The van der Waals surface area contributed by atoms with Gasteiger partial charge in [0.2, 0.25) is 5.91 Å². The minimum atomic E-state index is 0.0104. The first-order valence-electron chi connectivity index (χ1n) is 8.22. The summed E-state index contributed by atoms with van der Waals surface area (Å²) in [4.78, 5) is 16.4. The molecule has 1 aromatic carbocycles. The summed E-state index contributed by atoms with van der Waals surface area (Å²) in [6, 6.07) is 8.46. The topological polar surface area (TPSA) is 49.6 Å². The van der Waals surface area contributed by atoms with Crippen molar-refractivity contribution < 1.29 is 4.79 Å². The van der Waals surface area contributed by atoms with Gasteiger partial charge in [-0.1, -0.05) is 26.0 Å². The highest BCUT2D eigenvalue weighted by Gasteiger charge is 2.34. The van der Waals surface area contributed by atoms with E-state index in [1.807, 2.05) is 19.0 Å². The molecule has 0 saturated carbocycles. The zero-order valence-corrected chi connectivity index (χ0v) is 14.2. The fourth-order valence-electron chi connectivity index (χ4n) is 3.04. The molecule has 1 heterocycles. The highest BCUT2D eigenvalue weighted by Crippen LogP contribution is 2.32. The van der Waals surface area contributed by atoms with Gasteiger partial charge in [0.25, 0.3) is 0 Å². The molecule has 1 amide bonds. The molecule has 0 bridgehead atoms. The van der Waals surface area contributed by atoms with E-state index < -0.39 is 0 Å². The molecule has 1 aliphatic heterocycles. The SMILES string of the molecule is CC(C)CCN1C(=O)CCC(N)C1c1ccc(N(C)C)cc1. The number of carbonyl (C=O) groups is 1. The molecule has 0 spiro atoms. The Labute approximate surface area is 134 Å². The van der Waals surface area contributed by atoms with Gasteiger partial charge >= 0.3 is 0 Å². The second-order valence-corrected chi connectivity index (χ2v) is 6.90. The van der Waals surface area contributed by atoms with Crippen molar-refractivity contribution in [1.29, 1.82) is 0 Å². The molecule has 2 rings (SSSR count). The van der Waals surface area contributed by atoms with Crippen LogP contribution in [0.1, 0.15) is 44.7 Å². The zero-order valence-electron chi connectivity index (χ0n) is 14.2. The average molecular weight is 303 g/mol. The third-order valence-corrected chi connectivity index (χ3v) is 4.45. The number of hydrogen-bond donors (Lipinski definition) is 1. The van der Waals surface area contributed by atoms with E-state index in [0.717, 1.165) is 30.6 Å². The number of likely N-dealkylation sites (tertiary alicyclic amines) is 1. The van der Waals surface area contributed by atoms with Gasteiger partial charge in [-0.2, -0.15) is 0 Å². The molecular formula is C18H29N3O. The van der Waals surface area contributed by atoms with E-state index in [9.17, 15) is 4.79 Å². The van der Waals surface area contributed by atoms with Gasteiger partial charge in [-0.15, -0.1) is 0 Å². The normalized spacial score (nSPS) is 22.3. The van der Waals surface area contributed by atoms with Gasteiger partial charge in [-0.05, 0) is 36.5 Å². The second kappa shape index (κ2) is 7.14. The number of carbonyl (C=O) groups excluding carboxylic acids is 1. The molecule has 4 heteroatoms. The van der Waals surface area contributed by atoms with Gasteiger partial charge in [0.15, 0.2) is 0 Å². The number of amides is 1. The average Bonchev–Trinajstić information content (AvgIpc) is 2.48. The highest BCUT2D eigenvalue weighted by molar-refractivity contribution is 5.78. The van der Waals surface area contributed by atoms with Crippen LogP contribution in [0.15, 0.2) is 24.3 Å². The summed E-state index contributed by atoms with van der Waals surface area (Å²) in [5, 5.41) is 0. The number of benzene rings is 1. The van der Waals surface area contributed by atoms with Crippen molar-refractivity contribution >= 4 is 11.6 Å². The van der Waals surface area contributed by atoms with Gasteiger partial charge in [-0.3, -0.25) is 4.79 Å². The maximum atomic E-state index is 12.4. The smallest absolute Gasteiger partial charge is 0.223 e. The van der Waals surface area contributed by atoms with Crippen LogP contribution in [0.3, 0.4) is 0 Å². The molecule has 4 nitrogen and oxygen atoms in total. The largest absolute Gasteiger partial charge is 0.378 e.